The van der Waals surface area contributed by atoms with Gasteiger partial charge >= 0.3 is 0 Å². The van der Waals surface area contributed by atoms with E-state index >= 15 is 0 Å². The quantitative estimate of drug-likeness (QED) is 0.510. The fourth-order valence-corrected chi connectivity index (χ4v) is 3.89. The first-order valence-corrected chi connectivity index (χ1v) is 11.4. The molecule has 33 heavy (non-hydrogen) atoms. The molecule has 1 aromatic carbocycles. The van der Waals surface area contributed by atoms with Crippen molar-refractivity contribution < 1.29 is 19.5 Å². The number of benzene rings is 1. The number of hydrogen-bond donors (Lipinski definition) is 4. The normalized spacial score (nSPS) is 17.6. The number of aromatic nitrogens is 2. The molecule has 2 heterocycles. The molecule has 3 rings (SSSR count). The summed E-state index contributed by atoms with van der Waals surface area (Å²) in [6, 6.07) is 7.02. The van der Waals surface area contributed by atoms with Crippen LogP contribution in [-0.2, 0) is 4.79 Å². The topological polar surface area (TPSA) is 127 Å². The monoisotopic (exact) mass is 475 g/mol. The standard InChI is InChI=1S/C23H30ClN5O4/c1-23(2,33)13-25-21(31)19-20(27-14-26-19)22(32)28-16-7-3-4-11-29(18(30)10-9-16)17-8-5-6-15(24)12-17/h5-6,8,12,14,16,33H,3-4,7,9-11,13H2,1-2H3,(H,25,31)(H,26,27)(H,28,32)/t16-/m1/s1. The van der Waals surface area contributed by atoms with Crippen molar-refractivity contribution >= 4 is 35.0 Å². The number of halogens is 1. The molecule has 9 nitrogen and oxygen atoms in total. The van der Waals surface area contributed by atoms with E-state index in [0.29, 0.717) is 18.0 Å². The van der Waals surface area contributed by atoms with E-state index < -0.39 is 17.4 Å². The molecular formula is C23H30ClN5O4. The Balaban J connectivity index is 1.63. The molecule has 1 fully saturated rings. The van der Waals surface area contributed by atoms with Crippen LogP contribution < -0.4 is 15.5 Å². The van der Waals surface area contributed by atoms with Crippen molar-refractivity contribution in [2.45, 2.75) is 57.6 Å². The van der Waals surface area contributed by atoms with Gasteiger partial charge < -0.3 is 25.6 Å². The van der Waals surface area contributed by atoms with Gasteiger partial charge in [-0.2, -0.15) is 0 Å². The smallest absolute Gasteiger partial charge is 0.272 e. The zero-order chi connectivity index (χ0) is 24.0. The van der Waals surface area contributed by atoms with Crippen LogP contribution in [0.3, 0.4) is 0 Å². The lowest BCUT2D eigenvalue weighted by Crippen LogP contribution is -2.40. The van der Waals surface area contributed by atoms with E-state index in [1.165, 1.54) is 6.33 Å². The summed E-state index contributed by atoms with van der Waals surface area (Å²) in [4.78, 5) is 46.6. The molecule has 0 aliphatic carbocycles. The molecule has 1 atom stereocenters. The Morgan fingerprint density at radius 1 is 1.27 bits per heavy atom. The molecule has 10 heteroatoms. The highest BCUT2D eigenvalue weighted by Crippen LogP contribution is 2.23. The van der Waals surface area contributed by atoms with Crippen molar-refractivity contribution in [3.8, 4) is 0 Å². The van der Waals surface area contributed by atoms with Gasteiger partial charge in [0.15, 0.2) is 5.69 Å². The van der Waals surface area contributed by atoms with Crippen molar-refractivity contribution in [3.63, 3.8) is 0 Å². The molecule has 0 unspecified atom stereocenters. The van der Waals surface area contributed by atoms with Crippen molar-refractivity contribution in [1.82, 2.24) is 20.6 Å². The number of nitrogens with zero attached hydrogens (tertiary/aromatic N) is 2. The minimum atomic E-state index is -1.09. The SMILES string of the molecule is CC(C)(O)CNC(=O)c1nc[nH]c1C(=O)N[C@@H]1CCCCN(c2cccc(Cl)c2)C(=O)CC1. The van der Waals surface area contributed by atoms with E-state index in [1.54, 1.807) is 30.9 Å². The predicted molar refractivity (Wildman–Crippen MR) is 125 cm³/mol. The molecule has 0 saturated carbocycles. The molecule has 3 amide bonds. The lowest BCUT2D eigenvalue weighted by atomic mass is 10.0. The Hall–Kier alpha value is -2.91. The third-order valence-corrected chi connectivity index (χ3v) is 5.65. The van der Waals surface area contributed by atoms with Crippen LogP contribution in [0, 0.1) is 0 Å². The van der Waals surface area contributed by atoms with E-state index in [-0.39, 0.29) is 36.3 Å². The van der Waals surface area contributed by atoms with Crippen LogP contribution in [0.4, 0.5) is 5.69 Å². The first-order valence-electron chi connectivity index (χ1n) is 11.0. The third kappa shape index (κ3) is 7.03. The highest BCUT2D eigenvalue weighted by molar-refractivity contribution is 6.30. The maximum absolute atomic E-state index is 12.9. The number of aromatic amines is 1. The van der Waals surface area contributed by atoms with E-state index in [1.807, 2.05) is 12.1 Å². The third-order valence-electron chi connectivity index (χ3n) is 5.41. The van der Waals surface area contributed by atoms with Gasteiger partial charge in [-0.05, 0) is 57.7 Å². The molecule has 0 spiro atoms. The van der Waals surface area contributed by atoms with Gasteiger partial charge in [0, 0.05) is 36.3 Å². The summed E-state index contributed by atoms with van der Waals surface area (Å²) >= 11 is 6.09. The number of H-pyrrole nitrogens is 1. The lowest BCUT2D eigenvalue weighted by Gasteiger charge is -2.22. The van der Waals surface area contributed by atoms with Gasteiger partial charge in [0.1, 0.15) is 5.69 Å². The molecule has 1 saturated heterocycles. The Labute approximate surface area is 197 Å². The summed E-state index contributed by atoms with van der Waals surface area (Å²) in [6.07, 6.45) is 4.38. The molecule has 1 aliphatic rings. The zero-order valence-electron chi connectivity index (χ0n) is 18.9. The Kier molecular flexibility index (Phi) is 8.10. The van der Waals surface area contributed by atoms with Crippen LogP contribution in [0.15, 0.2) is 30.6 Å². The average Bonchev–Trinajstić information content (AvgIpc) is 3.26. The molecule has 1 aromatic heterocycles. The van der Waals surface area contributed by atoms with Crippen LogP contribution in [0.2, 0.25) is 5.02 Å². The fourth-order valence-electron chi connectivity index (χ4n) is 3.70. The maximum atomic E-state index is 12.9. The molecule has 1 aliphatic heterocycles. The average molecular weight is 476 g/mol. The summed E-state index contributed by atoms with van der Waals surface area (Å²) in [5.74, 6) is -1.03. The number of imidazole rings is 1. The molecule has 4 N–H and O–H groups in total. The van der Waals surface area contributed by atoms with E-state index in [9.17, 15) is 19.5 Å². The molecular weight excluding hydrogens is 446 g/mol. The number of aliphatic hydroxyl groups is 1. The number of anilines is 1. The maximum Gasteiger partial charge on any atom is 0.272 e. The van der Waals surface area contributed by atoms with Gasteiger partial charge in [-0.1, -0.05) is 17.7 Å². The number of carbonyl (C=O) groups is 3. The fraction of sp³-hybridized carbons (Fsp3) is 0.478. The Morgan fingerprint density at radius 3 is 2.79 bits per heavy atom. The molecule has 2 aromatic rings. The molecule has 178 valence electrons. The predicted octanol–water partition coefficient (Wildman–Crippen LogP) is 2.66. The highest BCUT2D eigenvalue weighted by atomic mass is 35.5. The van der Waals surface area contributed by atoms with E-state index in [2.05, 4.69) is 20.6 Å². The van der Waals surface area contributed by atoms with Gasteiger partial charge in [-0.25, -0.2) is 4.98 Å². The van der Waals surface area contributed by atoms with Crippen LogP contribution in [-0.4, -0.2) is 57.5 Å². The number of amides is 3. The summed E-state index contributed by atoms with van der Waals surface area (Å²) in [5, 5.41) is 15.9. The second-order valence-corrected chi connectivity index (χ2v) is 9.29. The second-order valence-electron chi connectivity index (χ2n) is 8.85. The number of carbonyl (C=O) groups excluding carboxylic acids is 3. The minimum Gasteiger partial charge on any atom is -0.389 e. The van der Waals surface area contributed by atoms with Crippen LogP contribution in [0.1, 0.15) is 66.9 Å². The van der Waals surface area contributed by atoms with Crippen LogP contribution in [0.5, 0.6) is 0 Å². The van der Waals surface area contributed by atoms with Crippen molar-refractivity contribution in [2.75, 3.05) is 18.0 Å². The van der Waals surface area contributed by atoms with Gasteiger partial charge in [0.25, 0.3) is 11.8 Å². The van der Waals surface area contributed by atoms with Crippen molar-refractivity contribution in [2.24, 2.45) is 0 Å². The molecule has 0 bridgehead atoms. The summed E-state index contributed by atoms with van der Waals surface area (Å²) in [5.41, 5.74) is -0.302. The minimum absolute atomic E-state index is 0.0214. The first-order chi connectivity index (χ1) is 15.6. The van der Waals surface area contributed by atoms with Crippen molar-refractivity contribution in [3.05, 3.63) is 47.0 Å². The van der Waals surface area contributed by atoms with Crippen molar-refractivity contribution in [1.29, 1.82) is 0 Å². The zero-order valence-corrected chi connectivity index (χ0v) is 19.6. The first kappa shape index (κ1) is 24.7. The Bertz CT molecular complexity index is 1000. The largest absolute Gasteiger partial charge is 0.389 e. The van der Waals surface area contributed by atoms with Crippen LogP contribution in [0.25, 0.3) is 0 Å². The van der Waals surface area contributed by atoms with Gasteiger partial charge in [0.2, 0.25) is 5.91 Å². The molecule has 0 radical (unpaired) electrons. The lowest BCUT2D eigenvalue weighted by molar-refractivity contribution is -0.118. The van der Waals surface area contributed by atoms with Gasteiger partial charge in [-0.15, -0.1) is 0 Å². The van der Waals surface area contributed by atoms with E-state index in [0.717, 1.165) is 24.9 Å². The summed E-state index contributed by atoms with van der Waals surface area (Å²) in [7, 11) is 0. The Morgan fingerprint density at radius 2 is 2.06 bits per heavy atom. The second kappa shape index (κ2) is 10.8. The van der Waals surface area contributed by atoms with Gasteiger partial charge in [0.05, 0.1) is 11.9 Å². The number of hydrogen-bond acceptors (Lipinski definition) is 5. The summed E-state index contributed by atoms with van der Waals surface area (Å²) < 4.78 is 0. The highest BCUT2D eigenvalue weighted by Gasteiger charge is 2.26. The van der Waals surface area contributed by atoms with E-state index in [4.69, 9.17) is 11.6 Å². The number of rotatable bonds is 6. The number of nitrogens with one attached hydrogen (secondary N) is 3. The summed E-state index contributed by atoms with van der Waals surface area (Å²) in [6.45, 7) is 3.74. The van der Waals surface area contributed by atoms with Gasteiger partial charge in [-0.3, -0.25) is 14.4 Å². The van der Waals surface area contributed by atoms with Crippen LogP contribution >= 0.6 is 11.6 Å².